The Bertz CT molecular complexity index is 953. The van der Waals surface area contributed by atoms with Gasteiger partial charge in [0.25, 0.3) is 5.91 Å². The highest BCUT2D eigenvalue weighted by molar-refractivity contribution is 5.95. The molecule has 0 aliphatic carbocycles. The zero-order valence-electron chi connectivity index (χ0n) is 18.6. The fourth-order valence-electron chi connectivity index (χ4n) is 3.04. The van der Waals surface area contributed by atoms with Gasteiger partial charge in [0.15, 0.2) is 0 Å². The Morgan fingerprint density at radius 1 is 1.06 bits per heavy atom. The van der Waals surface area contributed by atoms with E-state index in [1.807, 2.05) is 38.1 Å². The maximum atomic E-state index is 12.7. The quantitative estimate of drug-likeness (QED) is 0.564. The molecule has 0 bridgehead atoms. The molecule has 0 aromatic heterocycles. The zero-order chi connectivity index (χ0) is 23.3. The van der Waals surface area contributed by atoms with E-state index in [-0.39, 0.29) is 56.1 Å². The lowest BCUT2D eigenvalue weighted by molar-refractivity contribution is -0.125. The molecule has 2 rings (SSSR count). The summed E-state index contributed by atoms with van der Waals surface area (Å²) in [6.45, 7) is 4.51. The van der Waals surface area contributed by atoms with Crippen LogP contribution < -0.4 is 15.5 Å². The maximum Gasteiger partial charge on any atom is 0.251 e. The van der Waals surface area contributed by atoms with Crippen LogP contribution in [-0.2, 0) is 16.1 Å². The average Bonchev–Trinajstić information content (AvgIpc) is 2.82. The molecule has 0 aliphatic heterocycles. The molecule has 0 saturated heterocycles. The number of hydrogen-bond acceptors (Lipinski definition) is 4. The lowest BCUT2D eigenvalue weighted by Crippen LogP contribution is -2.33. The Morgan fingerprint density at radius 3 is 2.50 bits per heavy atom. The molecule has 2 N–H and O–H groups in total. The van der Waals surface area contributed by atoms with Gasteiger partial charge in [-0.1, -0.05) is 37.3 Å². The van der Waals surface area contributed by atoms with Crippen LogP contribution in [0.5, 0.6) is 0 Å². The van der Waals surface area contributed by atoms with Gasteiger partial charge in [-0.05, 0) is 43.2 Å². The van der Waals surface area contributed by atoms with Gasteiger partial charge in [-0.3, -0.25) is 14.4 Å². The molecule has 0 saturated carbocycles. The Kier molecular flexibility index (Phi) is 9.92. The molecule has 0 spiro atoms. The molecule has 2 aromatic carbocycles. The number of nitrogens with zero attached hydrogens (tertiary/aromatic N) is 2. The first-order valence-electron chi connectivity index (χ1n) is 10.8. The summed E-state index contributed by atoms with van der Waals surface area (Å²) >= 11 is 0. The normalized spacial score (nSPS) is 11.2. The lowest BCUT2D eigenvalue weighted by Gasteiger charge is -2.21. The van der Waals surface area contributed by atoms with Gasteiger partial charge < -0.3 is 15.5 Å². The van der Waals surface area contributed by atoms with Crippen LogP contribution in [0.4, 0.5) is 5.69 Å². The largest absolute Gasteiger partial charge is 0.352 e. The minimum atomic E-state index is -0.249. The Labute approximate surface area is 189 Å². The summed E-state index contributed by atoms with van der Waals surface area (Å²) in [7, 11) is 0. The summed E-state index contributed by atoms with van der Waals surface area (Å²) in [4.78, 5) is 38.8. The fraction of sp³-hybridized carbons (Fsp3) is 0.360. The van der Waals surface area contributed by atoms with Gasteiger partial charge in [0.2, 0.25) is 11.8 Å². The summed E-state index contributed by atoms with van der Waals surface area (Å²) in [6.07, 6.45) is 1.15. The van der Waals surface area contributed by atoms with Crippen molar-refractivity contribution in [2.75, 3.05) is 11.4 Å². The van der Waals surface area contributed by atoms with Crippen LogP contribution in [0.25, 0.3) is 0 Å². The minimum absolute atomic E-state index is 0.0446. The van der Waals surface area contributed by atoms with E-state index in [2.05, 4.69) is 16.7 Å². The van der Waals surface area contributed by atoms with Crippen LogP contribution in [0.3, 0.4) is 0 Å². The summed E-state index contributed by atoms with van der Waals surface area (Å²) in [6, 6.07) is 18.4. The first kappa shape index (κ1) is 24.6. The average molecular weight is 435 g/mol. The van der Waals surface area contributed by atoms with Crippen molar-refractivity contribution in [2.45, 2.75) is 52.1 Å². The molecule has 7 heteroatoms. The van der Waals surface area contributed by atoms with E-state index in [0.29, 0.717) is 11.3 Å². The predicted octanol–water partition coefficient (Wildman–Crippen LogP) is 3.56. The zero-order valence-corrected chi connectivity index (χ0v) is 18.6. The monoisotopic (exact) mass is 434 g/mol. The van der Waals surface area contributed by atoms with Crippen LogP contribution in [0.1, 0.15) is 55.5 Å². The van der Waals surface area contributed by atoms with Crippen LogP contribution in [0.2, 0.25) is 0 Å². The van der Waals surface area contributed by atoms with Gasteiger partial charge in [-0.25, -0.2) is 0 Å². The summed E-state index contributed by atoms with van der Waals surface area (Å²) in [5.41, 5.74) is 2.06. The van der Waals surface area contributed by atoms with Gasteiger partial charge in [0.05, 0.1) is 12.5 Å². The van der Waals surface area contributed by atoms with E-state index >= 15 is 0 Å². The number of carbonyl (C=O) groups excluding carboxylic acids is 3. The summed E-state index contributed by atoms with van der Waals surface area (Å²) < 4.78 is 0. The second-order valence-corrected chi connectivity index (χ2v) is 7.55. The van der Waals surface area contributed by atoms with Crippen LogP contribution in [0, 0.1) is 11.3 Å². The molecule has 0 fully saturated rings. The molecule has 1 atom stereocenters. The van der Waals surface area contributed by atoms with Crippen LogP contribution in [-0.4, -0.2) is 30.3 Å². The highest BCUT2D eigenvalue weighted by Gasteiger charge is 2.17. The first-order valence-corrected chi connectivity index (χ1v) is 10.8. The number of nitrogens with one attached hydrogen (secondary N) is 2. The predicted molar refractivity (Wildman–Crippen MR) is 124 cm³/mol. The minimum Gasteiger partial charge on any atom is -0.352 e. The van der Waals surface area contributed by atoms with E-state index in [1.165, 1.54) is 4.90 Å². The van der Waals surface area contributed by atoms with Gasteiger partial charge in [-0.2, -0.15) is 5.26 Å². The van der Waals surface area contributed by atoms with E-state index < -0.39 is 0 Å². The van der Waals surface area contributed by atoms with Gasteiger partial charge >= 0.3 is 0 Å². The van der Waals surface area contributed by atoms with E-state index in [4.69, 9.17) is 5.26 Å². The van der Waals surface area contributed by atoms with Crippen LogP contribution in [0.15, 0.2) is 54.6 Å². The third-order valence-electron chi connectivity index (χ3n) is 5.05. The van der Waals surface area contributed by atoms with Crippen molar-refractivity contribution in [1.29, 1.82) is 5.26 Å². The fourth-order valence-corrected chi connectivity index (χ4v) is 3.04. The molecule has 7 nitrogen and oxygen atoms in total. The van der Waals surface area contributed by atoms with E-state index in [0.717, 1.165) is 12.0 Å². The molecule has 32 heavy (non-hydrogen) atoms. The standard InChI is InChI=1S/C25H30N4O3/c1-3-19(2)28-25(32)21-10-7-9-20(17-21)18-27-23(30)13-14-24(31)29(16-8-15-26)22-11-5-4-6-12-22/h4-7,9-12,17,19H,3,8,13-14,16,18H2,1-2H3,(H,27,30)(H,28,32). The highest BCUT2D eigenvalue weighted by Crippen LogP contribution is 2.15. The third-order valence-corrected chi connectivity index (χ3v) is 5.05. The molecule has 0 aliphatic rings. The topological polar surface area (TPSA) is 102 Å². The van der Waals surface area contributed by atoms with Gasteiger partial charge in [0, 0.05) is 43.2 Å². The second-order valence-electron chi connectivity index (χ2n) is 7.55. The number of para-hydroxylation sites is 1. The Morgan fingerprint density at radius 2 is 1.81 bits per heavy atom. The van der Waals surface area contributed by atoms with Crippen molar-refractivity contribution >= 4 is 23.4 Å². The Hall–Kier alpha value is -3.66. The first-order chi connectivity index (χ1) is 15.4. The number of benzene rings is 2. The van der Waals surface area contributed by atoms with E-state index in [9.17, 15) is 14.4 Å². The maximum absolute atomic E-state index is 12.7. The number of carbonyl (C=O) groups is 3. The second kappa shape index (κ2) is 12.9. The number of amides is 3. The van der Waals surface area contributed by atoms with E-state index in [1.54, 1.807) is 30.3 Å². The third kappa shape index (κ3) is 7.88. The molecule has 0 radical (unpaired) electrons. The highest BCUT2D eigenvalue weighted by atomic mass is 16.2. The van der Waals surface area contributed by atoms with Crippen molar-refractivity contribution in [3.8, 4) is 6.07 Å². The number of hydrogen-bond donors (Lipinski definition) is 2. The van der Waals surface area contributed by atoms with Crippen molar-refractivity contribution in [2.24, 2.45) is 0 Å². The van der Waals surface area contributed by atoms with Crippen molar-refractivity contribution in [3.63, 3.8) is 0 Å². The lowest BCUT2D eigenvalue weighted by atomic mass is 10.1. The smallest absolute Gasteiger partial charge is 0.251 e. The molecular weight excluding hydrogens is 404 g/mol. The van der Waals surface area contributed by atoms with Crippen LogP contribution >= 0.6 is 0 Å². The number of nitriles is 1. The molecule has 168 valence electrons. The molecule has 1 unspecified atom stereocenters. The molecule has 2 aromatic rings. The molecule has 3 amide bonds. The molecular formula is C25H30N4O3. The van der Waals surface area contributed by atoms with Crippen molar-refractivity contribution < 1.29 is 14.4 Å². The van der Waals surface area contributed by atoms with Gasteiger partial charge in [0.1, 0.15) is 0 Å². The Balaban J connectivity index is 1.87. The molecule has 0 heterocycles. The number of rotatable bonds is 11. The van der Waals surface area contributed by atoms with Crippen molar-refractivity contribution in [3.05, 3.63) is 65.7 Å². The van der Waals surface area contributed by atoms with Crippen molar-refractivity contribution in [1.82, 2.24) is 10.6 Å². The number of anilines is 1. The van der Waals surface area contributed by atoms with Gasteiger partial charge in [-0.15, -0.1) is 0 Å². The summed E-state index contributed by atoms with van der Waals surface area (Å²) in [5.74, 6) is -0.595. The summed E-state index contributed by atoms with van der Waals surface area (Å²) in [5, 5.41) is 14.6. The SMILES string of the molecule is CCC(C)NC(=O)c1cccc(CNC(=O)CCC(=O)N(CCC#N)c2ccccc2)c1.